The Labute approximate surface area is 98.2 Å². The molecule has 1 unspecified atom stereocenters. The topological polar surface area (TPSA) is 20.2 Å². The number of aryl methyl sites for hydroxylation is 1. The molecule has 0 aliphatic carbocycles. The van der Waals surface area contributed by atoms with Crippen molar-refractivity contribution in [2.45, 2.75) is 19.4 Å². The third-order valence-electron chi connectivity index (χ3n) is 2.43. The highest BCUT2D eigenvalue weighted by atomic mass is 32.1. The second kappa shape index (κ2) is 4.76. The van der Waals surface area contributed by atoms with Crippen LogP contribution in [0.1, 0.15) is 21.4 Å². The molecule has 0 radical (unpaired) electrons. The van der Waals surface area contributed by atoms with E-state index in [1.165, 1.54) is 17.0 Å². The van der Waals surface area contributed by atoms with Crippen LogP contribution in [0.25, 0.3) is 0 Å². The average molecular weight is 236 g/mol. The van der Waals surface area contributed by atoms with E-state index in [9.17, 15) is 9.50 Å². The van der Waals surface area contributed by atoms with Gasteiger partial charge >= 0.3 is 0 Å². The van der Waals surface area contributed by atoms with E-state index in [0.717, 1.165) is 10.4 Å². The maximum atomic E-state index is 12.7. The van der Waals surface area contributed by atoms with Gasteiger partial charge in [-0.2, -0.15) is 0 Å². The van der Waals surface area contributed by atoms with E-state index < -0.39 is 6.10 Å². The first-order valence-corrected chi connectivity index (χ1v) is 5.95. The molecule has 3 heteroatoms. The zero-order valence-corrected chi connectivity index (χ0v) is 9.80. The summed E-state index contributed by atoms with van der Waals surface area (Å²) in [6, 6.07) is 10.2. The molecule has 1 aromatic heterocycles. The Kier molecular flexibility index (Phi) is 3.36. The number of aliphatic hydroxyl groups excluding tert-OH is 1. The monoisotopic (exact) mass is 236 g/mol. The molecule has 0 bridgehead atoms. The first-order valence-electron chi connectivity index (χ1n) is 5.14. The Morgan fingerprint density at radius 3 is 2.44 bits per heavy atom. The third-order valence-corrected chi connectivity index (χ3v) is 3.53. The van der Waals surface area contributed by atoms with E-state index in [-0.39, 0.29) is 5.82 Å². The van der Waals surface area contributed by atoms with Gasteiger partial charge in [0, 0.05) is 16.2 Å². The van der Waals surface area contributed by atoms with Gasteiger partial charge in [0.2, 0.25) is 0 Å². The highest BCUT2D eigenvalue weighted by Crippen LogP contribution is 2.25. The summed E-state index contributed by atoms with van der Waals surface area (Å²) in [4.78, 5) is 2.15. The predicted molar refractivity (Wildman–Crippen MR) is 64.1 cm³/mol. The highest BCUT2D eigenvalue weighted by Gasteiger charge is 2.10. The Morgan fingerprint density at radius 1 is 1.19 bits per heavy atom. The minimum Gasteiger partial charge on any atom is -0.387 e. The smallest absolute Gasteiger partial charge is 0.123 e. The van der Waals surface area contributed by atoms with Crippen LogP contribution in [0.15, 0.2) is 36.4 Å². The largest absolute Gasteiger partial charge is 0.387 e. The molecule has 0 fully saturated rings. The van der Waals surface area contributed by atoms with Gasteiger partial charge in [-0.3, -0.25) is 0 Å². The van der Waals surface area contributed by atoms with Gasteiger partial charge in [-0.25, -0.2) is 4.39 Å². The van der Waals surface area contributed by atoms with Gasteiger partial charge in [-0.1, -0.05) is 12.1 Å². The summed E-state index contributed by atoms with van der Waals surface area (Å²) in [6.45, 7) is 2.01. The summed E-state index contributed by atoms with van der Waals surface area (Å²) in [5.74, 6) is -0.245. The van der Waals surface area contributed by atoms with Crippen molar-refractivity contribution in [3.05, 3.63) is 57.5 Å². The normalized spacial score (nSPS) is 12.7. The van der Waals surface area contributed by atoms with E-state index in [1.807, 2.05) is 19.1 Å². The molecule has 2 rings (SSSR count). The van der Waals surface area contributed by atoms with Crippen LogP contribution in [0.5, 0.6) is 0 Å². The molecule has 2 aromatic rings. The number of thiophene rings is 1. The van der Waals surface area contributed by atoms with E-state index in [0.29, 0.717) is 6.42 Å². The number of rotatable bonds is 3. The van der Waals surface area contributed by atoms with E-state index in [4.69, 9.17) is 0 Å². The molecule has 0 saturated heterocycles. The Balaban J connectivity index is 2.07. The summed E-state index contributed by atoms with van der Waals surface area (Å²) in [6.07, 6.45) is 0.0319. The maximum Gasteiger partial charge on any atom is 0.123 e. The predicted octanol–water partition coefficient (Wildman–Crippen LogP) is 3.47. The van der Waals surface area contributed by atoms with Crippen LogP contribution in [0.4, 0.5) is 4.39 Å². The molecule has 1 nitrogen and oxygen atoms in total. The minimum absolute atomic E-state index is 0.245. The molecule has 0 aliphatic rings. The summed E-state index contributed by atoms with van der Waals surface area (Å²) in [5.41, 5.74) is 0.944. The third kappa shape index (κ3) is 2.68. The van der Waals surface area contributed by atoms with Crippen molar-refractivity contribution in [3.8, 4) is 0 Å². The van der Waals surface area contributed by atoms with E-state index in [2.05, 4.69) is 0 Å². The standard InChI is InChI=1S/C13H13FOS/c1-9-2-7-13(16-9)12(15)8-10-3-5-11(14)6-4-10/h2-7,12,15H,8H2,1H3. The zero-order chi connectivity index (χ0) is 11.5. The van der Waals surface area contributed by atoms with E-state index >= 15 is 0 Å². The molecule has 84 valence electrons. The summed E-state index contributed by atoms with van der Waals surface area (Å²) in [5, 5.41) is 9.97. The second-order valence-electron chi connectivity index (χ2n) is 3.79. The van der Waals surface area contributed by atoms with Gasteiger partial charge in [-0.05, 0) is 36.8 Å². The van der Waals surface area contributed by atoms with Crippen LogP contribution >= 0.6 is 11.3 Å². The Hall–Kier alpha value is -1.19. The molecular weight excluding hydrogens is 223 g/mol. The van der Waals surface area contributed by atoms with Crippen LogP contribution in [-0.4, -0.2) is 5.11 Å². The lowest BCUT2D eigenvalue weighted by molar-refractivity contribution is 0.182. The lowest BCUT2D eigenvalue weighted by Gasteiger charge is -2.08. The number of hydrogen-bond donors (Lipinski definition) is 1. The molecule has 1 heterocycles. The fourth-order valence-electron chi connectivity index (χ4n) is 1.58. The van der Waals surface area contributed by atoms with Crippen molar-refractivity contribution >= 4 is 11.3 Å². The van der Waals surface area contributed by atoms with Crippen LogP contribution in [0.2, 0.25) is 0 Å². The Morgan fingerprint density at radius 2 is 1.88 bits per heavy atom. The molecule has 0 spiro atoms. The molecule has 0 saturated carbocycles. The van der Waals surface area contributed by atoms with Crippen molar-refractivity contribution < 1.29 is 9.50 Å². The van der Waals surface area contributed by atoms with Gasteiger partial charge in [0.05, 0.1) is 6.10 Å². The molecule has 1 N–H and O–H groups in total. The Bertz CT molecular complexity index is 461. The highest BCUT2D eigenvalue weighted by molar-refractivity contribution is 7.12. The summed E-state index contributed by atoms with van der Waals surface area (Å²) < 4.78 is 12.7. The summed E-state index contributed by atoms with van der Waals surface area (Å²) >= 11 is 1.59. The number of benzene rings is 1. The average Bonchev–Trinajstić information content (AvgIpc) is 2.68. The number of halogens is 1. The van der Waals surface area contributed by atoms with Gasteiger partial charge < -0.3 is 5.11 Å². The second-order valence-corrected chi connectivity index (χ2v) is 5.11. The number of aliphatic hydroxyl groups is 1. The van der Waals surface area contributed by atoms with Gasteiger partial charge in [0.15, 0.2) is 0 Å². The van der Waals surface area contributed by atoms with Crippen molar-refractivity contribution in [2.75, 3.05) is 0 Å². The van der Waals surface area contributed by atoms with E-state index in [1.54, 1.807) is 23.5 Å². The molecule has 0 amide bonds. The number of hydrogen-bond acceptors (Lipinski definition) is 2. The lowest BCUT2D eigenvalue weighted by Crippen LogP contribution is -1.99. The fourth-order valence-corrected chi connectivity index (χ4v) is 2.44. The molecule has 1 aromatic carbocycles. The quantitative estimate of drug-likeness (QED) is 0.865. The van der Waals surface area contributed by atoms with Crippen molar-refractivity contribution in [1.29, 1.82) is 0 Å². The minimum atomic E-state index is -0.496. The van der Waals surface area contributed by atoms with Crippen LogP contribution in [0.3, 0.4) is 0 Å². The molecule has 1 atom stereocenters. The SMILES string of the molecule is Cc1ccc(C(O)Cc2ccc(F)cc2)s1. The fraction of sp³-hybridized carbons (Fsp3) is 0.231. The summed E-state index contributed by atoms with van der Waals surface area (Å²) in [7, 11) is 0. The van der Waals surface area contributed by atoms with Crippen LogP contribution < -0.4 is 0 Å². The van der Waals surface area contributed by atoms with Gasteiger partial charge in [-0.15, -0.1) is 11.3 Å². The first-order chi connectivity index (χ1) is 7.65. The first kappa shape index (κ1) is 11.3. The van der Waals surface area contributed by atoms with Crippen molar-refractivity contribution in [1.82, 2.24) is 0 Å². The zero-order valence-electron chi connectivity index (χ0n) is 8.98. The van der Waals surface area contributed by atoms with Crippen LogP contribution in [-0.2, 0) is 6.42 Å². The molecular formula is C13H13FOS. The maximum absolute atomic E-state index is 12.7. The molecule has 16 heavy (non-hydrogen) atoms. The van der Waals surface area contributed by atoms with Crippen LogP contribution in [0, 0.1) is 12.7 Å². The van der Waals surface area contributed by atoms with Crippen molar-refractivity contribution in [3.63, 3.8) is 0 Å². The van der Waals surface area contributed by atoms with Gasteiger partial charge in [0.25, 0.3) is 0 Å². The lowest BCUT2D eigenvalue weighted by atomic mass is 10.1. The molecule has 0 aliphatic heterocycles. The van der Waals surface area contributed by atoms with Gasteiger partial charge in [0.1, 0.15) is 5.82 Å². The van der Waals surface area contributed by atoms with Crippen molar-refractivity contribution in [2.24, 2.45) is 0 Å².